The standard InChI is InChI=1S/C29H23F5O/c1-2-13-35-22-16-26(31)24(27(32)17-22)11-5-18-4-10-23-21(14-18)9-8-20(29(23)34)7-3-19-6-12-25(30)28(33)15-19/h2,4,6,8-10,12,14-17H,1,3,5,7,11,13H2. The molecule has 0 bridgehead atoms. The van der Waals surface area contributed by atoms with Crippen LogP contribution in [0, 0.1) is 29.1 Å². The van der Waals surface area contributed by atoms with Crippen LogP contribution < -0.4 is 4.74 Å². The molecule has 0 spiro atoms. The van der Waals surface area contributed by atoms with E-state index in [-0.39, 0.29) is 30.2 Å². The minimum Gasteiger partial charge on any atom is -0.489 e. The van der Waals surface area contributed by atoms with Crippen LogP contribution in [0.3, 0.4) is 0 Å². The van der Waals surface area contributed by atoms with E-state index in [9.17, 15) is 17.6 Å². The summed E-state index contributed by atoms with van der Waals surface area (Å²) in [6, 6.07) is 14.6. The third-order valence-electron chi connectivity index (χ3n) is 5.91. The minimum absolute atomic E-state index is 0.0326. The summed E-state index contributed by atoms with van der Waals surface area (Å²) < 4.78 is 75.6. The molecule has 0 aliphatic rings. The van der Waals surface area contributed by atoms with E-state index >= 15 is 4.39 Å². The molecule has 0 unspecified atom stereocenters. The molecule has 4 aromatic carbocycles. The van der Waals surface area contributed by atoms with Crippen molar-refractivity contribution in [1.29, 1.82) is 0 Å². The normalized spacial score (nSPS) is 11.1. The number of fused-ring (bicyclic) bond motifs is 1. The summed E-state index contributed by atoms with van der Waals surface area (Å²) in [6.07, 6.45) is 2.70. The molecule has 0 saturated carbocycles. The van der Waals surface area contributed by atoms with Gasteiger partial charge in [-0.25, -0.2) is 22.0 Å². The molecule has 0 amide bonds. The summed E-state index contributed by atoms with van der Waals surface area (Å²) in [7, 11) is 0. The van der Waals surface area contributed by atoms with Crippen molar-refractivity contribution < 1.29 is 26.7 Å². The molecule has 0 fully saturated rings. The molecule has 1 nitrogen and oxygen atoms in total. The lowest BCUT2D eigenvalue weighted by molar-refractivity contribution is 0.357. The number of rotatable bonds is 9. The maximum Gasteiger partial charge on any atom is 0.159 e. The van der Waals surface area contributed by atoms with Gasteiger partial charge in [0, 0.05) is 23.1 Å². The average Bonchev–Trinajstić information content (AvgIpc) is 2.84. The van der Waals surface area contributed by atoms with Gasteiger partial charge in [-0.15, -0.1) is 0 Å². The molecule has 4 aromatic rings. The predicted octanol–water partition coefficient (Wildman–Crippen LogP) is 7.67. The Morgan fingerprint density at radius 1 is 0.657 bits per heavy atom. The summed E-state index contributed by atoms with van der Waals surface area (Å²) in [6.45, 7) is 3.65. The van der Waals surface area contributed by atoms with Gasteiger partial charge in [0.05, 0.1) is 0 Å². The molecule has 0 radical (unpaired) electrons. The van der Waals surface area contributed by atoms with E-state index in [2.05, 4.69) is 6.58 Å². The van der Waals surface area contributed by atoms with E-state index < -0.39 is 23.3 Å². The maximum absolute atomic E-state index is 15.1. The van der Waals surface area contributed by atoms with Gasteiger partial charge in [-0.1, -0.05) is 49.1 Å². The molecule has 35 heavy (non-hydrogen) atoms. The Morgan fingerprint density at radius 3 is 2.06 bits per heavy atom. The van der Waals surface area contributed by atoms with E-state index in [4.69, 9.17) is 4.74 Å². The SMILES string of the molecule is C=CCOc1cc(F)c(CCc2ccc3c(F)c(CCc4ccc(F)c(F)c4)ccc3c2)c(F)c1. The Kier molecular flexibility index (Phi) is 7.49. The first-order valence-electron chi connectivity index (χ1n) is 11.2. The first-order valence-corrected chi connectivity index (χ1v) is 11.2. The highest BCUT2D eigenvalue weighted by atomic mass is 19.2. The smallest absolute Gasteiger partial charge is 0.159 e. The molecule has 0 aliphatic heterocycles. The summed E-state index contributed by atoms with van der Waals surface area (Å²) in [5.41, 5.74) is 1.84. The van der Waals surface area contributed by atoms with Gasteiger partial charge >= 0.3 is 0 Å². The third kappa shape index (κ3) is 5.70. The van der Waals surface area contributed by atoms with E-state index in [0.717, 1.165) is 29.8 Å². The molecular formula is C29H23F5O. The van der Waals surface area contributed by atoms with Gasteiger partial charge in [0.15, 0.2) is 11.6 Å². The molecular weight excluding hydrogens is 459 g/mol. The van der Waals surface area contributed by atoms with E-state index in [1.54, 1.807) is 30.3 Å². The van der Waals surface area contributed by atoms with Crippen molar-refractivity contribution in [3.63, 3.8) is 0 Å². The van der Waals surface area contributed by atoms with Crippen LogP contribution in [0.4, 0.5) is 22.0 Å². The Morgan fingerprint density at radius 2 is 1.34 bits per heavy atom. The Hall–Kier alpha value is -3.67. The average molecular weight is 482 g/mol. The largest absolute Gasteiger partial charge is 0.489 e. The molecule has 180 valence electrons. The number of aryl methyl sites for hydroxylation is 3. The van der Waals surface area contributed by atoms with Crippen LogP contribution in [0.5, 0.6) is 5.75 Å². The zero-order valence-corrected chi connectivity index (χ0v) is 18.9. The summed E-state index contributed by atoms with van der Waals surface area (Å²) >= 11 is 0. The summed E-state index contributed by atoms with van der Waals surface area (Å²) in [5, 5.41) is 1.10. The van der Waals surface area contributed by atoms with Crippen molar-refractivity contribution in [1.82, 2.24) is 0 Å². The number of ether oxygens (including phenoxy) is 1. The van der Waals surface area contributed by atoms with Gasteiger partial charge in [0.2, 0.25) is 0 Å². The Balaban J connectivity index is 1.46. The van der Waals surface area contributed by atoms with Crippen LogP contribution in [0.25, 0.3) is 10.8 Å². The second-order valence-corrected chi connectivity index (χ2v) is 8.31. The van der Waals surface area contributed by atoms with Crippen molar-refractivity contribution in [2.45, 2.75) is 25.7 Å². The topological polar surface area (TPSA) is 9.23 Å². The quantitative estimate of drug-likeness (QED) is 0.176. The second kappa shape index (κ2) is 10.7. The van der Waals surface area contributed by atoms with Gasteiger partial charge in [-0.2, -0.15) is 0 Å². The summed E-state index contributed by atoms with van der Waals surface area (Å²) in [5.74, 6) is -3.47. The van der Waals surface area contributed by atoms with E-state index in [1.807, 2.05) is 0 Å². The van der Waals surface area contributed by atoms with Crippen LogP contribution in [0.1, 0.15) is 22.3 Å². The third-order valence-corrected chi connectivity index (χ3v) is 5.91. The molecule has 0 aliphatic carbocycles. The van der Waals surface area contributed by atoms with Crippen molar-refractivity contribution in [3.8, 4) is 5.75 Å². The first kappa shape index (κ1) is 24.5. The molecule has 0 heterocycles. The van der Waals surface area contributed by atoms with Crippen molar-refractivity contribution in [3.05, 3.63) is 125 Å². The number of hydrogen-bond acceptors (Lipinski definition) is 1. The molecule has 0 saturated heterocycles. The fourth-order valence-corrected chi connectivity index (χ4v) is 4.04. The number of benzene rings is 4. The van der Waals surface area contributed by atoms with Crippen LogP contribution in [0.15, 0.2) is 73.3 Å². The lowest BCUT2D eigenvalue weighted by Gasteiger charge is -2.11. The highest BCUT2D eigenvalue weighted by molar-refractivity contribution is 5.84. The lowest BCUT2D eigenvalue weighted by atomic mass is 9.97. The van der Waals surface area contributed by atoms with Crippen LogP contribution in [0.2, 0.25) is 0 Å². The van der Waals surface area contributed by atoms with Gasteiger partial charge in [-0.05, 0) is 59.9 Å². The Labute approximate surface area is 200 Å². The molecule has 0 aromatic heterocycles. The predicted molar refractivity (Wildman–Crippen MR) is 127 cm³/mol. The zero-order chi connectivity index (χ0) is 24.9. The zero-order valence-electron chi connectivity index (χ0n) is 18.9. The maximum atomic E-state index is 15.1. The molecule has 6 heteroatoms. The van der Waals surface area contributed by atoms with Gasteiger partial charge < -0.3 is 4.74 Å². The highest BCUT2D eigenvalue weighted by Crippen LogP contribution is 2.26. The fraction of sp³-hybridized carbons (Fsp3) is 0.172. The van der Waals surface area contributed by atoms with Crippen molar-refractivity contribution in [2.75, 3.05) is 6.61 Å². The number of hydrogen-bond donors (Lipinski definition) is 0. The summed E-state index contributed by atoms with van der Waals surface area (Å²) in [4.78, 5) is 0. The minimum atomic E-state index is -0.925. The molecule has 4 rings (SSSR count). The Bertz CT molecular complexity index is 1360. The number of halogens is 5. The monoisotopic (exact) mass is 482 g/mol. The highest BCUT2D eigenvalue weighted by Gasteiger charge is 2.13. The first-order chi connectivity index (χ1) is 16.9. The molecule has 0 atom stereocenters. The van der Waals surface area contributed by atoms with Crippen molar-refractivity contribution >= 4 is 10.8 Å². The second-order valence-electron chi connectivity index (χ2n) is 8.31. The van der Waals surface area contributed by atoms with Gasteiger partial charge in [0.25, 0.3) is 0 Å². The van der Waals surface area contributed by atoms with Gasteiger partial charge in [0.1, 0.15) is 29.8 Å². The van der Waals surface area contributed by atoms with Crippen LogP contribution >= 0.6 is 0 Å². The van der Waals surface area contributed by atoms with Crippen LogP contribution in [-0.2, 0) is 25.7 Å². The molecule has 0 N–H and O–H groups in total. The lowest BCUT2D eigenvalue weighted by Crippen LogP contribution is -2.02. The fourth-order valence-electron chi connectivity index (χ4n) is 4.04. The van der Waals surface area contributed by atoms with Crippen molar-refractivity contribution in [2.24, 2.45) is 0 Å². The van der Waals surface area contributed by atoms with E-state index in [1.165, 1.54) is 12.1 Å². The van der Waals surface area contributed by atoms with Gasteiger partial charge in [-0.3, -0.25) is 0 Å². The van der Waals surface area contributed by atoms with E-state index in [0.29, 0.717) is 41.2 Å². The van der Waals surface area contributed by atoms with Crippen LogP contribution in [-0.4, -0.2) is 6.61 Å².